The summed E-state index contributed by atoms with van der Waals surface area (Å²) in [5, 5.41) is 2.90. The second-order valence-electron chi connectivity index (χ2n) is 3.82. The molecule has 1 aliphatic rings. The number of thioether (sulfide) groups is 1. The Morgan fingerprint density at radius 2 is 2.19 bits per heavy atom. The highest BCUT2D eigenvalue weighted by Gasteiger charge is 2.25. The number of esters is 1. The highest BCUT2D eigenvalue weighted by Crippen LogP contribution is 2.24. The van der Waals surface area contributed by atoms with Gasteiger partial charge in [-0.2, -0.15) is 4.99 Å². The number of amidine groups is 1. The molecule has 1 aliphatic heterocycles. The maximum atomic E-state index is 11.9. The van der Waals surface area contributed by atoms with Crippen LogP contribution in [0.25, 0.3) is 0 Å². The standard InChI is InChI=1S/C13H9ClN2O4S/c1-20-10(17)6-9-12(19)16-13(21-9)15-11(18)7-3-2-4-8(14)5-7/h2-6H,1H3,(H,15,16,18,19)/b9-6+. The number of nitrogens with one attached hydrogen (secondary N) is 1. The number of benzene rings is 1. The van der Waals surface area contributed by atoms with E-state index in [1.165, 1.54) is 13.2 Å². The topological polar surface area (TPSA) is 84.8 Å². The summed E-state index contributed by atoms with van der Waals surface area (Å²) in [6.45, 7) is 0. The molecule has 8 heteroatoms. The number of carbonyl (C=O) groups excluding carboxylic acids is 3. The Hall–Kier alpha value is -2.12. The van der Waals surface area contributed by atoms with Crippen molar-refractivity contribution in [1.82, 2.24) is 5.32 Å². The van der Waals surface area contributed by atoms with Crippen molar-refractivity contribution in [2.75, 3.05) is 7.11 Å². The van der Waals surface area contributed by atoms with Gasteiger partial charge in [0.2, 0.25) is 0 Å². The van der Waals surface area contributed by atoms with Gasteiger partial charge in [-0.15, -0.1) is 0 Å². The summed E-state index contributed by atoms with van der Waals surface area (Å²) < 4.78 is 4.43. The van der Waals surface area contributed by atoms with Crippen molar-refractivity contribution in [3.05, 3.63) is 45.8 Å². The smallest absolute Gasteiger partial charge is 0.331 e. The van der Waals surface area contributed by atoms with Gasteiger partial charge in [0.25, 0.3) is 11.8 Å². The highest BCUT2D eigenvalue weighted by atomic mass is 35.5. The van der Waals surface area contributed by atoms with Crippen molar-refractivity contribution < 1.29 is 19.1 Å². The molecule has 1 saturated heterocycles. The Kier molecular flexibility index (Phi) is 4.77. The highest BCUT2D eigenvalue weighted by molar-refractivity contribution is 8.18. The number of rotatable bonds is 2. The number of nitrogens with zero attached hydrogens (tertiary/aromatic N) is 1. The number of methoxy groups -OCH3 is 1. The lowest BCUT2D eigenvalue weighted by atomic mass is 10.2. The maximum Gasteiger partial charge on any atom is 0.331 e. The largest absolute Gasteiger partial charge is 0.466 e. The fourth-order valence-electron chi connectivity index (χ4n) is 1.42. The number of carbonyl (C=O) groups is 3. The zero-order valence-electron chi connectivity index (χ0n) is 10.8. The van der Waals surface area contributed by atoms with Crippen molar-refractivity contribution in [1.29, 1.82) is 0 Å². The van der Waals surface area contributed by atoms with Crippen LogP contribution in [-0.4, -0.2) is 30.1 Å². The van der Waals surface area contributed by atoms with E-state index in [0.717, 1.165) is 17.8 Å². The van der Waals surface area contributed by atoms with Gasteiger partial charge in [-0.1, -0.05) is 17.7 Å². The minimum atomic E-state index is -0.657. The quantitative estimate of drug-likeness (QED) is 0.662. The molecule has 6 nitrogen and oxygen atoms in total. The normalized spacial score (nSPS) is 17.9. The van der Waals surface area contributed by atoms with Crippen LogP contribution in [0, 0.1) is 0 Å². The molecule has 0 aliphatic carbocycles. The van der Waals surface area contributed by atoms with Gasteiger partial charge in [-0.3, -0.25) is 9.59 Å². The second kappa shape index (κ2) is 6.55. The Morgan fingerprint density at radius 3 is 2.86 bits per heavy atom. The summed E-state index contributed by atoms with van der Waals surface area (Å²) in [4.78, 5) is 38.5. The van der Waals surface area contributed by atoms with Gasteiger partial charge in [0.1, 0.15) is 0 Å². The third-order valence-corrected chi connectivity index (χ3v) is 3.52. The van der Waals surface area contributed by atoms with Gasteiger partial charge in [0, 0.05) is 16.7 Å². The first-order chi connectivity index (χ1) is 9.99. The van der Waals surface area contributed by atoms with Crippen molar-refractivity contribution in [3.8, 4) is 0 Å². The lowest BCUT2D eigenvalue weighted by Crippen LogP contribution is -2.21. The Balaban J connectivity index is 2.17. The number of aliphatic imine (C=N–C) groups is 1. The van der Waals surface area contributed by atoms with Crippen LogP contribution in [0.15, 0.2) is 40.2 Å². The summed E-state index contributed by atoms with van der Waals surface area (Å²) >= 11 is 6.67. The average molecular weight is 325 g/mol. The minimum absolute atomic E-state index is 0.0973. The first-order valence-corrected chi connectivity index (χ1v) is 6.86. The van der Waals surface area contributed by atoms with Gasteiger partial charge >= 0.3 is 5.97 Å². The molecule has 2 rings (SSSR count). The lowest BCUT2D eigenvalue weighted by Gasteiger charge is -1.97. The average Bonchev–Trinajstić information content (AvgIpc) is 2.78. The molecule has 0 saturated carbocycles. The zero-order chi connectivity index (χ0) is 15.4. The van der Waals surface area contributed by atoms with E-state index in [4.69, 9.17) is 11.6 Å². The predicted molar refractivity (Wildman–Crippen MR) is 79.1 cm³/mol. The van der Waals surface area contributed by atoms with Gasteiger partial charge in [-0.05, 0) is 30.0 Å². The number of amides is 2. The maximum absolute atomic E-state index is 11.9. The fourth-order valence-corrected chi connectivity index (χ4v) is 2.39. The van der Waals surface area contributed by atoms with E-state index in [9.17, 15) is 14.4 Å². The molecule has 1 aromatic rings. The molecule has 1 aromatic carbocycles. The van der Waals surface area contributed by atoms with Crippen molar-refractivity contribution >= 4 is 46.3 Å². The van der Waals surface area contributed by atoms with E-state index in [-0.39, 0.29) is 10.1 Å². The molecule has 1 heterocycles. The molecule has 21 heavy (non-hydrogen) atoms. The monoisotopic (exact) mass is 324 g/mol. The second-order valence-corrected chi connectivity index (χ2v) is 5.29. The van der Waals surface area contributed by atoms with Crippen molar-refractivity contribution in [2.45, 2.75) is 0 Å². The van der Waals surface area contributed by atoms with E-state index < -0.39 is 17.8 Å². The number of ether oxygens (including phenoxy) is 1. The molecule has 1 N–H and O–H groups in total. The van der Waals surface area contributed by atoms with E-state index in [0.29, 0.717) is 10.6 Å². The SMILES string of the molecule is COC(=O)/C=C1/SC(=NC(=O)c2cccc(Cl)c2)NC1=O. The Morgan fingerprint density at radius 1 is 1.43 bits per heavy atom. The van der Waals surface area contributed by atoms with E-state index in [1.54, 1.807) is 18.2 Å². The lowest BCUT2D eigenvalue weighted by molar-refractivity contribution is -0.135. The minimum Gasteiger partial charge on any atom is -0.466 e. The van der Waals surface area contributed by atoms with Crippen LogP contribution in [0.2, 0.25) is 5.02 Å². The molecule has 108 valence electrons. The van der Waals surface area contributed by atoms with Gasteiger partial charge in [0.15, 0.2) is 5.17 Å². The van der Waals surface area contributed by atoms with Crippen LogP contribution < -0.4 is 5.32 Å². The van der Waals surface area contributed by atoms with E-state index in [2.05, 4.69) is 15.0 Å². The van der Waals surface area contributed by atoms with E-state index >= 15 is 0 Å². The predicted octanol–water partition coefficient (Wildman–Crippen LogP) is 1.76. The molecular formula is C13H9ClN2O4S. The van der Waals surface area contributed by atoms with Gasteiger partial charge in [-0.25, -0.2) is 4.79 Å². The van der Waals surface area contributed by atoms with Crippen LogP contribution in [0.4, 0.5) is 0 Å². The Labute approximate surface area is 129 Å². The number of hydrogen-bond donors (Lipinski definition) is 1. The van der Waals surface area contributed by atoms with Crippen molar-refractivity contribution in [3.63, 3.8) is 0 Å². The fraction of sp³-hybridized carbons (Fsp3) is 0.0769. The summed E-state index contributed by atoms with van der Waals surface area (Å²) in [5.41, 5.74) is 0.301. The van der Waals surface area contributed by atoms with E-state index in [1.807, 2.05) is 0 Å². The molecule has 0 spiro atoms. The Bertz CT molecular complexity index is 685. The molecule has 1 fully saturated rings. The van der Waals surface area contributed by atoms with Crippen molar-refractivity contribution in [2.24, 2.45) is 4.99 Å². The van der Waals surface area contributed by atoms with Crippen LogP contribution in [0.5, 0.6) is 0 Å². The van der Waals surface area contributed by atoms with Crippen LogP contribution in [-0.2, 0) is 14.3 Å². The first kappa shape index (κ1) is 15.3. The summed E-state index contributed by atoms with van der Waals surface area (Å²) in [6.07, 6.45) is 1.03. The van der Waals surface area contributed by atoms with Crippen LogP contribution >= 0.6 is 23.4 Å². The summed E-state index contributed by atoms with van der Waals surface area (Å²) in [6, 6.07) is 6.29. The molecule has 0 atom stereocenters. The van der Waals surface area contributed by atoms with Gasteiger partial charge in [0.05, 0.1) is 12.0 Å². The molecule has 0 unspecified atom stereocenters. The first-order valence-electron chi connectivity index (χ1n) is 5.67. The third kappa shape index (κ3) is 3.93. The molecular weight excluding hydrogens is 316 g/mol. The van der Waals surface area contributed by atoms with Crippen LogP contribution in [0.1, 0.15) is 10.4 Å². The summed E-state index contributed by atoms with van der Waals surface area (Å²) in [7, 11) is 1.20. The molecule has 0 radical (unpaired) electrons. The molecule has 0 aromatic heterocycles. The third-order valence-electron chi connectivity index (χ3n) is 2.38. The molecule has 2 amide bonds. The zero-order valence-corrected chi connectivity index (χ0v) is 12.3. The number of hydrogen-bond acceptors (Lipinski definition) is 5. The van der Waals surface area contributed by atoms with Crippen LogP contribution in [0.3, 0.4) is 0 Å². The summed E-state index contributed by atoms with van der Waals surface area (Å²) in [5.74, 6) is -1.71. The molecule has 0 bridgehead atoms. The van der Waals surface area contributed by atoms with Gasteiger partial charge < -0.3 is 10.1 Å². The number of halogens is 1.